The molecule has 0 aliphatic carbocycles. The fourth-order valence-electron chi connectivity index (χ4n) is 1.80. The summed E-state index contributed by atoms with van der Waals surface area (Å²) in [5, 5.41) is 1.70. The van der Waals surface area contributed by atoms with Gasteiger partial charge in [0, 0.05) is 32.1 Å². The molecule has 0 spiro atoms. The number of thiazole rings is 1. The van der Waals surface area contributed by atoms with Crippen LogP contribution >= 0.6 is 11.3 Å². The predicted octanol–water partition coefficient (Wildman–Crippen LogP) is 0.0739. The summed E-state index contributed by atoms with van der Waals surface area (Å²) >= 11 is 1.37. The average molecular weight is 269 g/mol. The van der Waals surface area contributed by atoms with E-state index in [0.29, 0.717) is 31.9 Å². The Balaban J connectivity index is 1.92. The second-order valence-corrected chi connectivity index (χ2v) is 4.69. The van der Waals surface area contributed by atoms with Crippen molar-refractivity contribution in [3.63, 3.8) is 0 Å². The van der Waals surface area contributed by atoms with Crippen molar-refractivity contribution >= 4 is 23.2 Å². The van der Waals surface area contributed by atoms with Crippen molar-refractivity contribution in [2.75, 3.05) is 39.9 Å². The summed E-state index contributed by atoms with van der Waals surface area (Å²) in [6.45, 7) is 2.32. The van der Waals surface area contributed by atoms with Crippen LogP contribution in [-0.2, 0) is 9.53 Å². The van der Waals surface area contributed by atoms with E-state index in [2.05, 4.69) is 4.98 Å². The van der Waals surface area contributed by atoms with E-state index in [4.69, 9.17) is 4.74 Å². The van der Waals surface area contributed by atoms with Crippen LogP contribution in [0.3, 0.4) is 0 Å². The van der Waals surface area contributed by atoms with Crippen molar-refractivity contribution in [1.29, 1.82) is 0 Å². The lowest BCUT2D eigenvalue weighted by Crippen LogP contribution is -2.52. The standard InChI is InChI=1S/C11H15N3O3S/c1-17-5-4-13-2-3-14(6-10(13)15)11(16)9-7-18-8-12-9/h7-8H,2-6H2,1H3. The van der Waals surface area contributed by atoms with Gasteiger partial charge in [0.1, 0.15) is 12.2 Å². The molecule has 18 heavy (non-hydrogen) atoms. The molecule has 0 bridgehead atoms. The highest BCUT2D eigenvalue weighted by Gasteiger charge is 2.28. The van der Waals surface area contributed by atoms with Gasteiger partial charge in [-0.05, 0) is 0 Å². The van der Waals surface area contributed by atoms with Crippen molar-refractivity contribution in [2.45, 2.75) is 0 Å². The number of ether oxygens (including phenoxy) is 1. The SMILES string of the molecule is COCCN1CCN(C(=O)c2cscn2)CC1=O. The Hall–Kier alpha value is -1.47. The first-order chi connectivity index (χ1) is 8.72. The highest BCUT2D eigenvalue weighted by atomic mass is 32.1. The fraction of sp³-hybridized carbons (Fsp3) is 0.545. The summed E-state index contributed by atoms with van der Waals surface area (Å²) in [6, 6.07) is 0. The normalized spacial score (nSPS) is 16.2. The van der Waals surface area contributed by atoms with Crippen molar-refractivity contribution < 1.29 is 14.3 Å². The third-order valence-electron chi connectivity index (χ3n) is 2.82. The number of hydrogen-bond donors (Lipinski definition) is 0. The van der Waals surface area contributed by atoms with E-state index in [-0.39, 0.29) is 18.4 Å². The summed E-state index contributed by atoms with van der Waals surface area (Å²) in [5.74, 6) is -0.210. The van der Waals surface area contributed by atoms with Crippen LogP contribution in [0.15, 0.2) is 10.9 Å². The van der Waals surface area contributed by atoms with E-state index in [1.165, 1.54) is 11.3 Å². The van der Waals surface area contributed by atoms with E-state index in [9.17, 15) is 9.59 Å². The molecule has 2 amide bonds. The molecule has 2 rings (SSSR count). The number of nitrogens with zero attached hydrogens (tertiary/aromatic N) is 3. The van der Waals surface area contributed by atoms with Gasteiger partial charge in [0.25, 0.3) is 5.91 Å². The molecule has 0 saturated carbocycles. The first-order valence-electron chi connectivity index (χ1n) is 5.66. The Kier molecular flexibility index (Phi) is 4.27. The number of carbonyl (C=O) groups excluding carboxylic acids is 2. The topological polar surface area (TPSA) is 62.7 Å². The first kappa shape index (κ1) is 13.0. The second-order valence-electron chi connectivity index (χ2n) is 3.97. The molecule has 0 N–H and O–H groups in total. The van der Waals surface area contributed by atoms with Crippen LogP contribution in [0.25, 0.3) is 0 Å². The number of amides is 2. The Bertz CT molecular complexity index is 421. The molecule has 1 aliphatic rings. The summed E-state index contributed by atoms with van der Waals surface area (Å²) in [4.78, 5) is 31.1. The van der Waals surface area contributed by atoms with Crippen molar-refractivity contribution in [3.05, 3.63) is 16.6 Å². The number of methoxy groups -OCH3 is 1. The summed E-state index contributed by atoms with van der Waals surface area (Å²) < 4.78 is 4.94. The molecule has 0 unspecified atom stereocenters. The van der Waals surface area contributed by atoms with Gasteiger partial charge in [0.2, 0.25) is 5.91 Å². The molecule has 1 aromatic rings. The number of carbonyl (C=O) groups is 2. The highest BCUT2D eigenvalue weighted by molar-refractivity contribution is 7.07. The van der Waals surface area contributed by atoms with E-state index in [0.717, 1.165) is 0 Å². The first-order valence-corrected chi connectivity index (χ1v) is 6.61. The van der Waals surface area contributed by atoms with Gasteiger partial charge in [-0.25, -0.2) is 4.98 Å². The summed E-state index contributed by atoms with van der Waals surface area (Å²) in [5.41, 5.74) is 2.03. The van der Waals surface area contributed by atoms with Crippen LogP contribution in [-0.4, -0.2) is 66.5 Å². The molecule has 1 fully saturated rings. The summed E-state index contributed by atoms with van der Waals surface area (Å²) in [6.07, 6.45) is 0. The minimum atomic E-state index is -0.170. The van der Waals surface area contributed by atoms with Crippen molar-refractivity contribution in [3.8, 4) is 0 Å². The Labute approximate surface area is 109 Å². The van der Waals surface area contributed by atoms with Crippen LogP contribution < -0.4 is 0 Å². The number of aromatic nitrogens is 1. The Morgan fingerprint density at radius 3 is 3.00 bits per heavy atom. The quantitative estimate of drug-likeness (QED) is 0.776. The lowest BCUT2D eigenvalue weighted by Gasteiger charge is -2.33. The average Bonchev–Trinajstić information content (AvgIpc) is 2.90. The molecule has 1 aromatic heterocycles. The third kappa shape index (κ3) is 2.85. The maximum atomic E-state index is 12.0. The molecule has 0 radical (unpaired) electrons. The number of hydrogen-bond acceptors (Lipinski definition) is 5. The van der Waals surface area contributed by atoms with E-state index in [1.54, 1.807) is 27.8 Å². The molecule has 98 valence electrons. The predicted molar refractivity (Wildman–Crippen MR) is 66.5 cm³/mol. The maximum absolute atomic E-state index is 12.0. The van der Waals surface area contributed by atoms with Crippen molar-refractivity contribution in [1.82, 2.24) is 14.8 Å². The van der Waals surface area contributed by atoms with Gasteiger partial charge in [-0.15, -0.1) is 11.3 Å². The minimum Gasteiger partial charge on any atom is -0.383 e. The molecule has 7 heteroatoms. The molecular formula is C11H15N3O3S. The molecule has 6 nitrogen and oxygen atoms in total. The van der Waals surface area contributed by atoms with Crippen molar-refractivity contribution in [2.24, 2.45) is 0 Å². The lowest BCUT2D eigenvalue weighted by atomic mass is 10.2. The molecule has 0 atom stereocenters. The molecule has 1 saturated heterocycles. The highest BCUT2D eigenvalue weighted by Crippen LogP contribution is 2.09. The number of rotatable bonds is 4. The van der Waals surface area contributed by atoms with Crippen LogP contribution in [0.1, 0.15) is 10.5 Å². The van der Waals surface area contributed by atoms with Gasteiger partial charge >= 0.3 is 0 Å². The van der Waals surface area contributed by atoms with Crippen LogP contribution in [0, 0.1) is 0 Å². The zero-order chi connectivity index (χ0) is 13.0. The summed E-state index contributed by atoms with van der Waals surface area (Å²) in [7, 11) is 1.60. The monoisotopic (exact) mass is 269 g/mol. The smallest absolute Gasteiger partial charge is 0.273 e. The largest absolute Gasteiger partial charge is 0.383 e. The van der Waals surface area contributed by atoms with E-state index >= 15 is 0 Å². The molecular weight excluding hydrogens is 254 g/mol. The minimum absolute atomic E-state index is 0.0399. The Morgan fingerprint density at radius 1 is 1.56 bits per heavy atom. The van der Waals surface area contributed by atoms with Gasteiger partial charge in [0.05, 0.1) is 12.1 Å². The maximum Gasteiger partial charge on any atom is 0.273 e. The second kappa shape index (κ2) is 5.92. The van der Waals surface area contributed by atoms with Gasteiger partial charge in [-0.2, -0.15) is 0 Å². The van der Waals surface area contributed by atoms with Crippen LogP contribution in [0.4, 0.5) is 0 Å². The molecule has 0 aromatic carbocycles. The van der Waals surface area contributed by atoms with E-state index < -0.39 is 0 Å². The van der Waals surface area contributed by atoms with Crippen LogP contribution in [0.2, 0.25) is 0 Å². The van der Waals surface area contributed by atoms with Gasteiger partial charge in [0.15, 0.2) is 0 Å². The zero-order valence-electron chi connectivity index (χ0n) is 10.2. The zero-order valence-corrected chi connectivity index (χ0v) is 11.0. The van der Waals surface area contributed by atoms with Gasteiger partial charge < -0.3 is 14.5 Å². The van der Waals surface area contributed by atoms with E-state index in [1.807, 2.05) is 0 Å². The Morgan fingerprint density at radius 2 is 2.39 bits per heavy atom. The third-order valence-corrected chi connectivity index (χ3v) is 3.41. The lowest BCUT2D eigenvalue weighted by molar-refractivity contribution is -0.135. The van der Waals surface area contributed by atoms with Gasteiger partial charge in [-0.3, -0.25) is 9.59 Å². The number of piperazine rings is 1. The van der Waals surface area contributed by atoms with Gasteiger partial charge in [-0.1, -0.05) is 0 Å². The van der Waals surface area contributed by atoms with Crippen LogP contribution in [0.5, 0.6) is 0 Å². The fourth-order valence-corrected chi connectivity index (χ4v) is 2.33. The molecule has 1 aliphatic heterocycles. The molecule has 2 heterocycles.